The van der Waals surface area contributed by atoms with Crippen molar-refractivity contribution in [1.82, 2.24) is 0 Å². The van der Waals surface area contributed by atoms with Crippen molar-refractivity contribution >= 4 is 37.5 Å². The highest BCUT2D eigenvalue weighted by Gasteiger charge is 2.10. The summed E-state index contributed by atoms with van der Waals surface area (Å²) in [6.07, 6.45) is 0.993. The van der Waals surface area contributed by atoms with E-state index in [0.29, 0.717) is 0 Å². The Morgan fingerprint density at radius 1 is 1.14 bits per heavy atom. The fourth-order valence-corrected chi connectivity index (χ4v) is 3.50. The number of rotatable bonds is 6. The van der Waals surface area contributed by atoms with Crippen LogP contribution in [0.1, 0.15) is 24.5 Å². The third-order valence-corrected chi connectivity index (χ3v) is 4.20. The van der Waals surface area contributed by atoms with Gasteiger partial charge >= 0.3 is 0 Å². The minimum Gasteiger partial charge on any atom is -0.492 e. The van der Waals surface area contributed by atoms with E-state index in [-0.39, 0.29) is 0 Å². The zero-order chi connectivity index (χ0) is 15.2. The predicted octanol–water partition coefficient (Wildman–Crippen LogP) is 5.92. The normalized spacial score (nSPS) is 10.5. The van der Waals surface area contributed by atoms with Crippen LogP contribution in [0.25, 0.3) is 0 Å². The van der Waals surface area contributed by atoms with Gasteiger partial charge in [-0.25, -0.2) is 0 Å². The standard InChI is InChI=1S/C17H19Br2NO/c1-3-8-21-17-13(9-14(18)10-15(17)19)11-20-16-7-5-4-6-12(16)2/h4-7,9-10,20H,3,8,11H2,1-2H3. The van der Waals surface area contributed by atoms with E-state index in [9.17, 15) is 0 Å². The number of aryl methyl sites for hydroxylation is 1. The monoisotopic (exact) mass is 411 g/mol. The third-order valence-electron chi connectivity index (χ3n) is 3.15. The molecule has 2 nitrogen and oxygen atoms in total. The van der Waals surface area contributed by atoms with Crippen molar-refractivity contribution in [1.29, 1.82) is 0 Å². The molecule has 21 heavy (non-hydrogen) atoms. The molecule has 4 heteroatoms. The summed E-state index contributed by atoms with van der Waals surface area (Å²) in [4.78, 5) is 0. The highest BCUT2D eigenvalue weighted by Crippen LogP contribution is 2.33. The molecule has 0 aliphatic rings. The van der Waals surface area contributed by atoms with Crippen molar-refractivity contribution in [3.63, 3.8) is 0 Å². The second-order valence-corrected chi connectivity index (χ2v) is 6.66. The maximum absolute atomic E-state index is 5.88. The lowest BCUT2D eigenvalue weighted by atomic mass is 10.1. The molecule has 112 valence electrons. The quantitative estimate of drug-likeness (QED) is 0.635. The van der Waals surface area contributed by atoms with E-state index in [2.05, 4.69) is 69.2 Å². The van der Waals surface area contributed by atoms with Gasteiger partial charge in [-0.2, -0.15) is 0 Å². The van der Waals surface area contributed by atoms with E-state index in [4.69, 9.17) is 4.74 Å². The SMILES string of the molecule is CCCOc1c(Br)cc(Br)cc1CNc1ccccc1C. The zero-order valence-corrected chi connectivity index (χ0v) is 15.4. The average Bonchev–Trinajstić information content (AvgIpc) is 2.45. The van der Waals surface area contributed by atoms with Crippen molar-refractivity contribution < 1.29 is 4.74 Å². The van der Waals surface area contributed by atoms with Crippen LogP contribution in [0.4, 0.5) is 5.69 Å². The lowest BCUT2D eigenvalue weighted by Gasteiger charge is -2.15. The van der Waals surface area contributed by atoms with Crippen LogP contribution in [0.15, 0.2) is 45.3 Å². The number of hydrogen-bond acceptors (Lipinski definition) is 2. The van der Waals surface area contributed by atoms with Crippen LogP contribution in [0.5, 0.6) is 5.75 Å². The minimum atomic E-state index is 0.720. The van der Waals surface area contributed by atoms with E-state index in [1.54, 1.807) is 0 Å². The van der Waals surface area contributed by atoms with Gasteiger partial charge in [-0.1, -0.05) is 41.1 Å². The number of benzene rings is 2. The fraction of sp³-hybridized carbons (Fsp3) is 0.294. The molecule has 0 fully saturated rings. The Kier molecular flexibility index (Phi) is 6.12. The number of nitrogens with one attached hydrogen (secondary N) is 1. The van der Waals surface area contributed by atoms with Crippen LogP contribution in [0.2, 0.25) is 0 Å². The molecule has 0 radical (unpaired) electrons. The van der Waals surface area contributed by atoms with Crippen molar-refractivity contribution in [2.75, 3.05) is 11.9 Å². The molecule has 1 N–H and O–H groups in total. The molecule has 0 bridgehead atoms. The summed E-state index contributed by atoms with van der Waals surface area (Å²) in [6.45, 7) is 5.66. The molecule has 0 saturated heterocycles. The summed E-state index contributed by atoms with van der Waals surface area (Å²) in [6, 6.07) is 12.4. The molecule has 0 unspecified atom stereocenters. The second-order valence-electron chi connectivity index (χ2n) is 4.89. The first-order chi connectivity index (χ1) is 10.1. The predicted molar refractivity (Wildman–Crippen MR) is 96.1 cm³/mol. The third kappa shape index (κ3) is 4.48. The van der Waals surface area contributed by atoms with Gasteiger partial charge in [-0.05, 0) is 53.0 Å². The van der Waals surface area contributed by atoms with Gasteiger partial charge in [0.1, 0.15) is 5.75 Å². The van der Waals surface area contributed by atoms with Crippen LogP contribution in [0.3, 0.4) is 0 Å². The topological polar surface area (TPSA) is 21.3 Å². The van der Waals surface area contributed by atoms with E-state index in [1.807, 2.05) is 18.2 Å². The first-order valence-electron chi connectivity index (χ1n) is 7.02. The summed E-state index contributed by atoms with van der Waals surface area (Å²) >= 11 is 7.13. The Labute approximate surface area is 143 Å². The maximum Gasteiger partial charge on any atom is 0.138 e. The summed E-state index contributed by atoms with van der Waals surface area (Å²) < 4.78 is 7.90. The van der Waals surface area contributed by atoms with Crippen LogP contribution >= 0.6 is 31.9 Å². The summed E-state index contributed by atoms with van der Waals surface area (Å²) in [5.74, 6) is 0.918. The Balaban J connectivity index is 2.20. The largest absolute Gasteiger partial charge is 0.492 e. The highest BCUT2D eigenvalue weighted by molar-refractivity contribution is 9.11. The van der Waals surface area contributed by atoms with Crippen LogP contribution < -0.4 is 10.1 Å². The first kappa shape index (κ1) is 16.4. The Hall–Kier alpha value is -1.00. The fourth-order valence-electron chi connectivity index (χ4n) is 2.07. The van der Waals surface area contributed by atoms with Gasteiger partial charge in [0.05, 0.1) is 11.1 Å². The van der Waals surface area contributed by atoms with Gasteiger partial charge in [0.2, 0.25) is 0 Å². The molecule has 0 aliphatic carbocycles. The maximum atomic E-state index is 5.88. The van der Waals surface area contributed by atoms with Gasteiger partial charge in [-0.15, -0.1) is 0 Å². The smallest absolute Gasteiger partial charge is 0.138 e. The molecule has 2 aromatic rings. The van der Waals surface area contributed by atoms with Gasteiger partial charge in [0.25, 0.3) is 0 Å². The van der Waals surface area contributed by atoms with E-state index in [1.165, 1.54) is 5.56 Å². The minimum absolute atomic E-state index is 0.720. The number of ether oxygens (including phenoxy) is 1. The Morgan fingerprint density at radius 2 is 1.90 bits per heavy atom. The summed E-state index contributed by atoms with van der Waals surface area (Å²) in [7, 11) is 0. The Bertz CT molecular complexity index is 614. The molecule has 0 amide bonds. The van der Waals surface area contributed by atoms with Crippen molar-refractivity contribution in [2.24, 2.45) is 0 Å². The number of para-hydroxylation sites is 1. The molecule has 2 rings (SSSR count). The van der Waals surface area contributed by atoms with Gasteiger partial charge in [0.15, 0.2) is 0 Å². The summed E-state index contributed by atoms with van der Waals surface area (Å²) in [5.41, 5.74) is 3.52. The summed E-state index contributed by atoms with van der Waals surface area (Å²) in [5, 5.41) is 3.48. The van der Waals surface area contributed by atoms with E-state index in [0.717, 1.165) is 45.5 Å². The number of anilines is 1. The van der Waals surface area contributed by atoms with Gasteiger partial charge < -0.3 is 10.1 Å². The van der Waals surface area contributed by atoms with E-state index >= 15 is 0 Å². The van der Waals surface area contributed by atoms with Crippen LogP contribution in [-0.4, -0.2) is 6.61 Å². The molecule has 0 aliphatic heterocycles. The molecule has 0 atom stereocenters. The van der Waals surface area contributed by atoms with Crippen LogP contribution in [0, 0.1) is 6.92 Å². The van der Waals surface area contributed by atoms with Gasteiger partial charge in [-0.3, -0.25) is 0 Å². The molecular weight excluding hydrogens is 394 g/mol. The molecular formula is C17H19Br2NO. The number of halogens is 2. The molecule has 0 heterocycles. The highest BCUT2D eigenvalue weighted by atomic mass is 79.9. The van der Waals surface area contributed by atoms with E-state index < -0.39 is 0 Å². The molecule has 2 aromatic carbocycles. The van der Waals surface area contributed by atoms with Crippen LogP contribution in [-0.2, 0) is 6.54 Å². The lowest BCUT2D eigenvalue weighted by molar-refractivity contribution is 0.312. The molecule has 0 saturated carbocycles. The van der Waals surface area contributed by atoms with Crippen molar-refractivity contribution in [2.45, 2.75) is 26.8 Å². The molecule has 0 aromatic heterocycles. The van der Waals surface area contributed by atoms with Gasteiger partial charge in [0, 0.05) is 22.3 Å². The second kappa shape index (κ2) is 7.85. The zero-order valence-electron chi connectivity index (χ0n) is 12.2. The first-order valence-corrected chi connectivity index (χ1v) is 8.60. The Morgan fingerprint density at radius 3 is 2.62 bits per heavy atom. The average molecular weight is 413 g/mol. The van der Waals surface area contributed by atoms with Crippen molar-refractivity contribution in [3.8, 4) is 5.75 Å². The lowest BCUT2D eigenvalue weighted by Crippen LogP contribution is -2.05. The van der Waals surface area contributed by atoms with Crippen molar-refractivity contribution in [3.05, 3.63) is 56.5 Å². The molecule has 0 spiro atoms. The number of hydrogen-bond donors (Lipinski definition) is 1.